The average Bonchev–Trinajstić information content (AvgIpc) is 2.76. The number of aliphatic imine (C=N–C) groups is 1. The van der Waals surface area contributed by atoms with E-state index in [2.05, 4.69) is 10.3 Å². The Hall–Kier alpha value is -3.54. The minimum atomic E-state index is 0.149. The Morgan fingerprint density at radius 1 is 1.12 bits per heavy atom. The lowest BCUT2D eigenvalue weighted by Gasteiger charge is -2.16. The fraction of sp³-hybridized carbons (Fsp3) is 0.0526. The van der Waals surface area contributed by atoms with E-state index in [1.807, 2.05) is 18.2 Å². The zero-order valence-corrected chi connectivity index (χ0v) is 13.5. The van der Waals surface area contributed by atoms with Gasteiger partial charge in [0.1, 0.15) is 5.75 Å². The van der Waals surface area contributed by atoms with Gasteiger partial charge in [-0.15, -0.1) is 0 Å². The lowest BCUT2D eigenvalue weighted by molar-refractivity contribution is 0.475. The first-order chi connectivity index (χ1) is 12.0. The molecule has 6 nitrogen and oxygen atoms in total. The van der Waals surface area contributed by atoms with Gasteiger partial charge in [-0.1, -0.05) is 18.2 Å². The SMILES string of the molecule is N=C1C=C(N)/C(=N\C2=CCC=C(N)C=C2)C=C1Nc1cccc(O)c1. The first-order valence-corrected chi connectivity index (χ1v) is 7.78. The Morgan fingerprint density at radius 3 is 2.76 bits per heavy atom. The number of phenols is 1. The number of allylic oxidation sites excluding steroid dienone is 6. The van der Waals surface area contributed by atoms with Crippen LogP contribution in [0.2, 0.25) is 0 Å². The number of benzene rings is 1. The molecule has 0 saturated carbocycles. The van der Waals surface area contributed by atoms with Gasteiger partial charge in [-0.25, -0.2) is 4.99 Å². The lowest BCUT2D eigenvalue weighted by atomic mass is 10.0. The Bertz CT molecular complexity index is 900. The summed E-state index contributed by atoms with van der Waals surface area (Å²) in [6.45, 7) is 0. The zero-order chi connectivity index (χ0) is 17.8. The maximum Gasteiger partial charge on any atom is 0.117 e. The third-order valence-electron chi connectivity index (χ3n) is 3.67. The van der Waals surface area contributed by atoms with E-state index in [1.54, 1.807) is 42.5 Å². The highest BCUT2D eigenvalue weighted by molar-refractivity contribution is 6.23. The summed E-state index contributed by atoms with van der Waals surface area (Å²) in [6, 6.07) is 6.69. The first kappa shape index (κ1) is 16.3. The minimum Gasteiger partial charge on any atom is -0.508 e. The molecule has 0 aromatic heterocycles. The third-order valence-corrected chi connectivity index (χ3v) is 3.67. The summed E-state index contributed by atoms with van der Waals surface area (Å²) < 4.78 is 0. The Morgan fingerprint density at radius 2 is 1.96 bits per heavy atom. The number of aromatic hydroxyl groups is 1. The molecule has 0 spiro atoms. The number of anilines is 1. The van der Waals surface area contributed by atoms with Crippen molar-refractivity contribution in [3.63, 3.8) is 0 Å². The number of hydrogen-bond acceptors (Lipinski definition) is 6. The molecule has 0 fully saturated rings. The molecule has 1 aromatic carbocycles. The van der Waals surface area contributed by atoms with E-state index in [-0.39, 0.29) is 11.5 Å². The van der Waals surface area contributed by atoms with Gasteiger partial charge in [0.05, 0.1) is 28.5 Å². The second-order valence-corrected chi connectivity index (χ2v) is 5.65. The second-order valence-electron chi connectivity index (χ2n) is 5.65. The summed E-state index contributed by atoms with van der Waals surface area (Å²) in [4.78, 5) is 4.56. The molecule has 0 heterocycles. The molecule has 6 heteroatoms. The van der Waals surface area contributed by atoms with E-state index in [9.17, 15) is 5.11 Å². The molecular weight excluding hydrogens is 314 g/mol. The molecule has 0 amide bonds. The van der Waals surface area contributed by atoms with Crippen molar-refractivity contribution in [2.45, 2.75) is 6.42 Å². The topological polar surface area (TPSA) is 121 Å². The van der Waals surface area contributed by atoms with Crippen molar-refractivity contribution in [1.29, 1.82) is 5.41 Å². The third kappa shape index (κ3) is 4.06. The number of hydrogen-bond donors (Lipinski definition) is 5. The van der Waals surface area contributed by atoms with Crippen LogP contribution in [-0.2, 0) is 0 Å². The molecule has 2 aliphatic rings. The number of rotatable bonds is 3. The van der Waals surface area contributed by atoms with Gasteiger partial charge in [0, 0.05) is 17.5 Å². The Balaban J connectivity index is 1.88. The quantitative estimate of drug-likeness (QED) is 0.546. The molecule has 126 valence electrons. The number of nitrogens with zero attached hydrogens (tertiary/aromatic N) is 1. The van der Waals surface area contributed by atoms with Gasteiger partial charge in [0.2, 0.25) is 0 Å². The van der Waals surface area contributed by atoms with Gasteiger partial charge in [-0.2, -0.15) is 0 Å². The summed E-state index contributed by atoms with van der Waals surface area (Å²) in [6.07, 6.45) is 11.5. The predicted molar refractivity (Wildman–Crippen MR) is 101 cm³/mol. The van der Waals surface area contributed by atoms with Gasteiger partial charge in [0.15, 0.2) is 0 Å². The van der Waals surface area contributed by atoms with Crippen molar-refractivity contribution in [2.24, 2.45) is 16.5 Å². The first-order valence-electron chi connectivity index (χ1n) is 7.78. The van der Waals surface area contributed by atoms with Gasteiger partial charge in [-0.3, -0.25) is 5.41 Å². The summed E-state index contributed by atoms with van der Waals surface area (Å²) in [5.74, 6) is 0.149. The van der Waals surface area contributed by atoms with Crippen LogP contribution < -0.4 is 16.8 Å². The van der Waals surface area contributed by atoms with Crippen LogP contribution in [0.1, 0.15) is 6.42 Å². The molecule has 0 radical (unpaired) electrons. The highest BCUT2D eigenvalue weighted by Crippen LogP contribution is 2.20. The molecule has 0 saturated heterocycles. The van der Waals surface area contributed by atoms with Gasteiger partial charge >= 0.3 is 0 Å². The highest BCUT2D eigenvalue weighted by Gasteiger charge is 2.15. The smallest absolute Gasteiger partial charge is 0.117 e. The maximum atomic E-state index is 9.57. The maximum absolute atomic E-state index is 9.57. The molecule has 1 aromatic rings. The number of nitrogens with two attached hydrogens (primary N) is 2. The van der Waals surface area contributed by atoms with E-state index in [0.717, 1.165) is 5.70 Å². The van der Waals surface area contributed by atoms with Crippen molar-refractivity contribution >= 4 is 17.1 Å². The molecule has 0 aliphatic heterocycles. The largest absolute Gasteiger partial charge is 0.508 e. The van der Waals surface area contributed by atoms with E-state index in [0.29, 0.717) is 34.9 Å². The van der Waals surface area contributed by atoms with Crippen molar-refractivity contribution in [3.05, 3.63) is 83.5 Å². The van der Waals surface area contributed by atoms with E-state index >= 15 is 0 Å². The molecule has 25 heavy (non-hydrogen) atoms. The average molecular weight is 333 g/mol. The van der Waals surface area contributed by atoms with Crippen LogP contribution >= 0.6 is 0 Å². The van der Waals surface area contributed by atoms with E-state index in [4.69, 9.17) is 16.9 Å². The minimum absolute atomic E-state index is 0.149. The van der Waals surface area contributed by atoms with Crippen molar-refractivity contribution in [2.75, 3.05) is 5.32 Å². The van der Waals surface area contributed by atoms with Crippen LogP contribution in [0, 0.1) is 5.41 Å². The number of phenolic OH excluding ortho intramolecular Hbond substituents is 1. The van der Waals surface area contributed by atoms with Crippen molar-refractivity contribution in [1.82, 2.24) is 0 Å². The second kappa shape index (κ2) is 6.92. The molecule has 0 bridgehead atoms. The highest BCUT2D eigenvalue weighted by atomic mass is 16.3. The zero-order valence-electron chi connectivity index (χ0n) is 13.5. The molecule has 0 unspecified atom stereocenters. The van der Waals surface area contributed by atoms with Crippen molar-refractivity contribution < 1.29 is 5.11 Å². The lowest BCUT2D eigenvalue weighted by Crippen LogP contribution is -2.22. The molecule has 7 N–H and O–H groups in total. The molecule has 2 aliphatic carbocycles. The van der Waals surface area contributed by atoms with Crippen LogP contribution in [0.4, 0.5) is 5.69 Å². The summed E-state index contributed by atoms with van der Waals surface area (Å²) >= 11 is 0. The Labute approximate surface area is 145 Å². The van der Waals surface area contributed by atoms with Crippen LogP contribution in [0.3, 0.4) is 0 Å². The van der Waals surface area contributed by atoms with E-state index < -0.39 is 0 Å². The number of nitrogens with one attached hydrogen (secondary N) is 2. The summed E-state index contributed by atoms with van der Waals surface area (Å²) in [5.41, 5.74) is 15.7. The molecule has 3 rings (SSSR count). The predicted octanol–water partition coefficient (Wildman–Crippen LogP) is 2.69. The monoisotopic (exact) mass is 333 g/mol. The normalized spacial score (nSPS) is 18.9. The summed E-state index contributed by atoms with van der Waals surface area (Å²) in [7, 11) is 0. The fourth-order valence-electron chi connectivity index (χ4n) is 2.40. The van der Waals surface area contributed by atoms with Crippen LogP contribution in [0.15, 0.2) is 88.5 Å². The van der Waals surface area contributed by atoms with E-state index in [1.165, 1.54) is 0 Å². The fourth-order valence-corrected chi connectivity index (χ4v) is 2.40. The van der Waals surface area contributed by atoms with Gasteiger partial charge in [0.25, 0.3) is 0 Å². The summed E-state index contributed by atoms with van der Waals surface area (Å²) in [5, 5.41) is 20.8. The molecule has 0 atom stereocenters. The van der Waals surface area contributed by atoms with Gasteiger partial charge in [-0.05, 0) is 42.9 Å². The molecular formula is C19H19N5O. The van der Waals surface area contributed by atoms with Crippen LogP contribution in [0.25, 0.3) is 0 Å². The Kier molecular flexibility index (Phi) is 4.52. The standard InChI is InChI=1S/C19H19N5O/c20-12-3-1-4-13(8-7-12)23-18-11-19(17(22)10-16(18)21)24-14-5-2-6-15(25)9-14/h2-11,22,24-25H,1,20-21H2/b22-17?,23-18-. The van der Waals surface area contributed by atoms with Gasteiger partial charge < -0.3 is 21.9 Å². The van der Waals surface area contributed by atoms with Crippen molar-refractivity contribution in [3.8, 4) is 5.75 Å². The van der Waals surface area contributed by atoms with Crippen LogP contribution in [0.5, 0.6) is 5.75 Å². The van der Waals surface area contributed by atoms with Crippen LogP contribution in [-0.4, -0.2) is 16.5 Å².